The Labute approximate surface area is 136 Å². The molecular weight excluding hydrogens is 304 g/mol. The number of isocyanates is 1. The number of imide groups is 1. The van der Waals surface area contributed by atoms with Gasteiger partial charge < -0.3 is 0 Å². The Morgan fingerprint density at radius 2 is 1.50 bits per heavy atom. The zero-order valence-corrected chi connectivity index (χ0v) is 12.4. The molecule has 24 heavy (non-hydrogen) atoms. The summed E-state index contributed by atoms with van der Waals surface area (Å²) in [4.78, 5) is 41.2. The van der Waals surface area contributed by atoms with Crippen LogP contribution in [0.1, 0.15) is 20.7 Å². The Bertz CT molecular complexity index is 1030. The van der Waals surface area contributed by atoms with Crippen LogP contribution in [0.15, 0.2) is 65.7 Å². The maximum atomic E-state index is 12.9. The molecule has 0 radical (unpaired) electrons. The van der Waals surface area contributed by atoms with Gasteiger partial charge in [0.2, 0.25) is 6.08 Å². The fourth-order valence-corrected chi connectivity index (χ4v) is 3.04. The highest BCUT2D eigenvalue weighted by atomic mass is 16.2. The fourth-order valence-electron chi connectivity index (χ4n) is 3.04. The second kappa shape index (κ2) is 5.26. The van der Waals surface area contributed by atoms with Crippen molar-refractivity contribution in [1.82, 2.24) is 0 Å². The first-order valence-electron chi connectivity index (χ1n) is 7.30. The molecule has 4 rings (SSSR count). The molecule has 0 spiro atoms. The standard InChI is InChI=1S/C19H10N2O3/c22-11-20-16-10-9-15-17-13(16)7-4-8-14(17)18(23)21(19(15)24)12-5-2-1-3-6-12/h1-10H. The molecule has 1 heterocycles. The molecular formula is C19H10N2O3. The molecule has 0 N–H and O–H groups in total. The van der Waals surface area contributed by atoms with Crippen LogP contribution >= 0.6 is 0 Å². The van der Waals surface area contributed by atoms with E-state index in [1.54, 1.807) is 54.6 Å². The highest BCUT2D eigenvalue weighted by Gasteiger charge is 2.34. The number of anilines is 1. The number of hydrogen-bond donors (Lipinski definition) is 0. The third-order valence-corrected chi connectivity index (χ3v) is 4.07. The lowest BCUT2D eigenvalue weighted by Gasteiger charge is -2.27. The molecule has 114 valence electrons. The number of nitrogens with zero attached hydrogens (tertiary/aromatic N) is 2. The van der Waals surface area contributed by atoms with Gasteiger partial charge in [-0.1, -0.05) is 30.3 Å². The molecule has 0 bridgehead atoms. The molecule has 5 heteroatoms. The number of rotatable bonds is 2. The lowest BCUT2D eigenvalue weighted by Crippen LogP contribution is -2.40. The molecule has 5 nitrogen and oxygen atoms in total. The summed E-state index contributed by atoms with van der Waals surface area (Å²) in [5, 5.41) is 1.11. The molecule has 0 unspecified atom stereocenters. The Balaban J connectivity index is 2.02. The van der Waals surface area contributed by atoms with Gasteiger partial charge in [0, 0.05) is 21.9 Å². The van der Waals surface area contributed by atoms with Gasteiger partial charge in [-0.15, -0.1) is 0 Å². The van der Waals surface area contributed by atoms with Crippen LogP contribution in [0.2, 0.25) is 0 Å². The first-order chi connectivity index (χ1) is 11.7. The summed E-state index contributed by atoms with van der Waals surface area (Å²) in [7, 11) is 0. The van der Waals surface area contributed by atoms with E-state index in [2.05, 4.69) is 4.99 Å². The van der Waals surface area contributed by atoms with E-state index < -0.39 is 11.8 Å². The van der Waals surface area contributed by atoms with Gasteiger partial charge in [-0.05, 0) is 30.3 Å². The largest absolute Gasteiger partial charge is 0.268 e. The number of para-hydroxylation sites is 1. The summed E-state index contributed by atoms with van der Waals surface area (Å²) >= 11 is 0. The number of amides is 2. The van der Waals surface area contributed by atoms with E-state index in [1.807, 2.05) is 6.07 Å². The summed E-state index contributed by atoms with van der Waals surface area (Å²) < 4.78 is 0. The highest BCUT2D eigenvalue weighted by Crippen LogP contribution is 2.36. The summed E-state index contributed by atoms with van der Waals surface area (Å²) in [6, 6.07) is 17.1. The van der Waals surface area contributed by atoms with Crippen LogP contribution < -0.4 is 4.90 Å². The Kier molecular flexibility index (Phi) is 3.08. The van der Waals surface area contributed by atoms with Gasteiger partial charge in [0.05, 0.1) is 11.4 Å². The van der Waals surface area contributed by atoms with Gasteiger partial charge in [0.25, 0.3) is 11.8 Å². The van der Waals surface area contributed by atoms with Gasteiger partial charge in [0.15, 0.2) is 0 Å². The number of carbonyl (C=O) groups is 2. The van der Waals surface area contributed by atoms with Crippen molar-refractivity contribution in [3.63, 3.8) is 0 Å². The number of hydrogen-bond acceptors (Lipinski definition) is 4. The van der Waals surface area contributed by atoms with Gasteiger partial charge in [-0.3, -0.25) is 9.59 Å². The predicted octanol–water partition coefficient (Wildman–Crippen LogP) is 3.61. The molecule has 1 aliphatic rings. The quantitative estimate of drug-likeness (QED) is 0.412. The summed E-state index contributed by atoms with van der Waals surface area (Å²) in [6.07, 6.45) is 1.50. The highest BCUT2D eigenvalue weighted by molar-refractivity contribution is 6.36. The Morgan fingerprint density at radius 1 is 0.792 bits per heavy atom. The summed E-state index contributed by atoms with van der Waals surface area (Å²) in [5.41, 5.74) is 1.73. The van der Waals surface area contributed by atoms with E-state index in [4.69, 9.17) is 0 Å². The Hall–Kier alpha value is -3.56. The second-order valence-corrected chi connectivity index (χ2v) is 5.34. The topological polar surface area (TPSA) is 66.8 Å². The average Bonchev–Trinajstić information content (AvgIpc) is 2.62. The molecule has 1 aliphatic heterocycles. The van der Waals surface area contributed by atoms with Crippen molar-refractivity contribution in [3.8, 4) is 0 Å². The maximum Gasteiger partial charge on any atom is 0.265 e. The van der Waals surface area contributed by atoms with E-state index in [0.29, 0.717) is 33.3 Å². The first-order valence-corrected chi connectivity index (χ1v) is 7.30. The van der Waals surface area contributed by atoms with Crippen LogP contribution in [0.3, 0.4) is 0 Å². The van der Waals surface area contributed by atoms with Crippen molar-refractivity contribution in [2.45, 2.75) is 0 Å². The number of benzene rings is 3. The lowest BCUT2D eigenvalue weighted by atomic mass is 9.93. The lowest BCUT2D eigenvalue weighted by molar-refractivity contribution is 0.0893. The smallest absolute Gasteiger partial charge is 0.265 e. The Morgan fingerprint density at radius 3 is 2.21 bits per heavy atom. The zero-order valence-electron chi connectivity index (χ0n) is 12.4. The van der Waals surface area contributed by atoms with Crippen LogP contribution in [0.4, 0.5) is 11.4 Å². The number of carbonyl (C=O) groups excluding carboxylic acids is 3. The van der Waals surface area contributed by atoms with Crippen molar-refractivity contribution >= 4 is 40.0 Å². The van der Waals surface area contributed by atoms with E-state index >= 15 is 0 Å². The number of aliphatic imine (C=N–C) groups is 1. The molecule has 0 aliphatic carbocycles. The predicted molar refractivity (Wildman–Crippen MR) is 89.3 cm³/mol. The zero-order chi connectivity index (χ0) is 16.7. The molecule has 3 aromatic rings. The van der Waals surface area contributed by atoms with Crippen molar-refractivity contribution in [2.75, 3.05) is 4.90 Å². The minimum Gasteiger partial charge on any atom is -0.268 e. The second-order valence-electron chi connectivity index (χ2n) is 5.34. The molecule has 3 aromatic carbocycles. The van der Waals surface area contributed by atoms with Gasteiger partial charge in [-0.2, -0.15) is 4.99 Å². The monoisotopic (exact) mass is 314 g/mol. The molecule has 2 amide bonds. The van der Waals surface area contributed by atoms with E-state index in [9.17, 15) is 14.4 Å². The fraction of sp³-hybridized carbons (Fsp3) is 0. The maximum absolute atomic E-state index is 12.9. The first kappa shape index (κ1) is 14.1. The van der Waals surface area contributed by atoms with Crippen LogP contribution in [0.25, 0.3) is 10.8 Å². The average molecular weight is 314 g/mol. The summed E-state index contributed by atoms with van der Waals surface area (Å²) in [5.74, 6) is -0.784. The summed E-state index contributed by atoms with van der Waals surface area (Å²) in [6.45, 7) is 0. The third kappa shape index (κ3) is 1.89. The molecule has 0 fully saturated rings. The van der Waals surface area contributed by atoms with Gasteiger partial charge >= 0.3 is 0 Å². The molecule has 0 atom stereocenters. The van der Waals surface area contributed by atoms with Crippen molar-refractivity contribution in [1.29, 1.82) is 0 Å². The van der Waals surface area contributed by atoms with E-state index in [0.717, 1.165) is 0 Å². The van der Waals surface area contributed by atoms with Gasteiger partial charge in [0.1, 0.15) is 0 Å². The van der Waals surface area contributed by atoms with Crippen molar-refractivity contribution in [2.24, 2.45) is 4.99 Å². The van der Waals surface area contributed by atoms with Gasteiger partial charge in [-0.25, -0.2) is 9.69 Å². The molecule has 0 aromatic heterocycles. The third-order valence-electron chi connectivity index (χ3n) is 4.07. The SMILES string of the molecule is O=C=Nc1ccc2c3c(cccc13)C(=O)N(c1ccccc1)C2=O. The molecule has 0 saturated carbocycles. The molecule has 0 saturated heterocycles. The van der Waals surface area contributed by atoms with Crippen LogP contribution in [0, 0.1) is 0 Å². The van der Waals surface area contributed by atoms with Crippen LogP contribution in [-0.4, -0.2) is 17.9 Å². The van der Waals surface area contributed by atoms with Crippen molar-refractivity contribution < 1.29 is 14.4 Å². The minimum absolute atomic E-state index is 0.388. The normalized spacial score (nSPS) is 13.1. The van der Waals surface area contributed by atoms with Crippen LogP contribution in [0.5, 0.6) is 0 Å². The van der Waals surface area contributed by atoms with E-state index in [-0.39, 0.29) is 0 Å². The van der Waals surface area contributed by atoms with Crippen LogP contribution in [-0.2, 0) is 4.79 Å². The van der Waals surface area contributed by atoms with Crippen molar-refractivity contribution in [3.05, 3.63) is 71.8 Å². The minimum atomic E-state index is -0.392. The van der Waals surface area contributed by atoms with E-state index in [1.165, 1.54) is 11.0 Å².